The van der Waals surface area contributed by atoms with Gasteiger partial charge in [-0.1, -0.05) is 17.4 Å². The number of hydrogen-bond donors (Lipinski definition) is 0. The highest BCUT2D eigenvalue weighted by Gasteiger charge is 2.24. The molecule has 0 saturated carbocycles. The second-order valence-corrected chi connectivity index (χ2v) is 10.2. The van der Waals surface area contributed by atoms with Crippen molar-refractivity contribution in [1.29, 1.82) is 10.5 Å². The number of aryl methyl sites for hydroxylation is 2. The van der Waals surface area contributed by atoms with Crippen molar-refractivity contribution in [3.8, 4) is 12.1 Å². The van der Waals surface area contributed by atoms with Gasteiger partial charge in [-0.3, -0.25) is 4.79 Å². The molecular weight excluding hydrogens is 458 g/mol. The Kier molecular flexibility index (Phi) is 7.77. The zero-order chi connectivity index (χ0) is 24.0. The van der Waals surface area contributed by atoms with Gasteiger partial charge in [-0.15, -0.1) is 0 Å². The maximum Gasteiger partial charge on any atom is 0.279 e. The summed E-state index contributed by atoms with van der Waals surface area (Å²) in [7, 11) is -3.89. The number of carbonyl (C=O) groups excluding carboxylic acids is 1. The zero-order valence-electron chi connectivity index (χ0n) is 18.4. The van der Waals surface area contributed by atoms with Crippen molar-refractivity contribution in [3.63, 3.8) is 0 Å². The monoisotopic (exact) mass is 481 g/mol. The Morgan fingerprint density at radius 2 is 1.73 bits per heavy atom. The summed E-state index contributed by atoms with van der Waals surface area (Å²) in [6.07, 6.45) is 0.0401. The van der Waals surface area contributed by atoms with Crippen molar-refractivity contribution in [1.82, 2.24) is 8.87 Å². The van der Waals surface area contributed by atoms with E-state index in [1.165, 1.54) is 35.6 Å². The van der Waals surface area contributed by atoms with Crippen LogP contribution in [0.25, 0.3) is 10.2 Å². The van der Waals surface area contributed by atoms with Crippen LogP contribution in [0.4, 0.5) is 0 Å². The Morgan fingerprint density at radius 1 is 1.09 bits per heavy atom. The molecule has 0 saturated heterocycles. The fourth-order valence-corrected chi connectivity index (χ4v) is 5.97. The van der Waals surface area contributed by atoms with E-state index < -0.39 is 15.9 Å². The molecule has 0 unspecified atom stereocenters. The number of carbonyl (C=O) groups is 1. The molecule has 0 aliphatic rings. The molecule has 0 aliphatic heterocycles. The number of rotatable bonds is 8. The first-order valence-electron chi connectivity index (χ1n) is 10.3. The number of aromatic nitrogens is 1. The third-order valence-corrected chi connectivity index (χ3v) is 7.99. The van der Waals surface area contributed by atoms with Crippen molar-refractivity contribution < 1.29 is 13.2 Å². The highest BCUT2D eigenvalue weighted by Crippen LogP contribution is 2.20. The molecule has 3 aromatic rings. The molecule has 0 fully saturated rings. The van der Waals surface area contributed by atoms with Crippen LogP contribution in [-0.4, -0.2) is 36.3 Å². The minimum absolute atomic E-state index is 0.00103. The third-order valence-electron chi connectivity index (χ3n) is 5.04. The summed E-state index contributed by atoms with van der Waals surface area (Å²) in [6.45, 7) is 4.65. The van der Waals surface area contributed by atoms with E-state index in [1.807, 2.05) is 42.7 Å². The Bertz CT molecular complexity index is 1400. The Balaban J connectivity index is 1.91. The molecular formula is C23H23N5O3S2. The van der Waals surface area contributed by atoms with Crippen LogP contribution in [0.1, 0.15) is 35.7 Å². The number of nitriles is 2. The lowest BCUT2D eigenvalue weighted by molar-refractivity contribution is 0.0997. The maximum atomic E-state index is 12.9. The highest BCUT2D eigenvalue weighted by molar-refractivity contribution is 7.89. The van der Waals surface area contributed by atoms with Crippen molar-refractivity contribution >= 4 is 37.5 Å². The molecule has 3 rings (SSSR count). The van der Waals surface area contributed by atoms with Gasteiger partial charge in [0, 0.05) is 38.0 Å². The van der Waals surface area contributed by atoms with Crippen LogP contribution in [0.2, 0.25) is 0 Å². The number of sulfonamides is 1. The molecule has 1 heterocycles. The van der Waals surface area contributed by atoms with Crippen LogP contribution < -0.4 is 4.80 Å². The third kappa shape index (κ3) is 5.37. The Morgan fingerprint density at radius 3 is 2.30 bits per heavy atom. The van der Waals surface area contributed by atoms with Crippen molar-refractivity contribution in [2.45, 2.75) is 38.1 Å². The van der Waals surface area contributed by atoms with Crippen LogP contribution in [0, 0.1) is 29.6 Å². The van der Waals surface area contributed by atoms with Crippen LogP contribution >= 0.6 is 11.3 Å². The Labute approximate surface area is 196 Å². The summed E-state index contributed by atoms with van der Waals surface area (Å²) >= 11 is 1.43. The lowest BCUT2D eigenvalue weighted by atomic mass is 10.2. The molecule has 0 bridgehead atoms. The zero-order valence-corrected chi connectivity index (χ0v) is 20.0. The quantitative estimate of drug-likeness (QED) is 0.487. The van der Waals surface area contributed by atoms with Gasteiger partial charge in [0.25, 0.3) is 5.91 Å². The van der Waals surface area contributed by atoms with E-state index in [1.54, 1.807) is 0 Å². The number of thiazole rings is 1. The SMILES string of the molecule is CCn1c(=NC(=O)c2ccc(S(=O)(=O)N(CCC#N)CCC#N)cc2)sc2cc(C)ccc21. The molecule has 0 aliphatic carbocycles. The van der Waals surface area contributed by atoms with Crippen molar-refractivity contribution in [2.75, 3.05) is 13.1 Å². The number of amides is 1. The van der Waals surface area contributed by atoms with E-state index >= 15 is 0 Å². The normalized spacial score (nSPS) is 12.1. The minimum atomic E-state index is -3.89. The maximum absolute atomic E-state index is 12.9. The van der Waals surface area contributed by atoms with Crippen LogP contribution in [0.3, 0.4) is 0 Å². The van der Waals surface area contributed by atoms with Crippen molar-refractivity contribution in [3.05, 3.63) is 58.4 Å². The molecule has 2 aromatic carbocycles. The summed E-state index contributed by atoms with van der Waals surface area (Å²) < 4.78 is 30.0. The molecule has 0 radical (unpaired) electrons. The van der Waals surface area contributed by atoms with Crippen LogP contribution in [0.15, 0.2) is 52.4 Å². The number of nitrogens with zero attached hydrogens (tertiary/aromatic N) is 5. The summed E-state index contributed by atoms with van der Waals surface area (Å²) in [6, 6.07) is 15.5. The number of fused-ring (bicyclic) bond motifs is 1. The van der Waals surface area contributed by atoms with E-state index in [-0.39, 0.29) is 36.4 Å². The first kappa shape index (κ1) is 24.3. The molecule has 10 heteroatoms. The van der Waals surface area contributed by atoms with Crippen LogP contribution in [0.5, 0.6) is 0 Å². The van der Waals surface area contributed by atoms with Crippen molar-refractivity contribution in [2.24, 2.45) is 4.99 Å². The van der Waals surface area contributed by atoms with Gasteiger partial charge in [0.05, 0.1) is 27.3 Å². The number of benzene rings is 2. The average Bonchev–Trinajstić information content (AvgIpc) is 3.14. The average molecular weight is 482 g/mol. The van der Waals surface area contributed by atoms with Gasteiger partial charge in [-0.2, -0.15) is 19.8 Å². The van der Waals surface area contributed by atoms with Gasteiger partial charge in [-0.05, 0) is 55.8 Å². The van der Waals surface area contributed by atoms with Gasteiger partial charge in [-0.25, -0.2) is 8.42 Å². The highest BCUT2D eigenvalue weighted by atomic mass is 32.2. The second kappa shape index (κ2) is 10.5. The van der Waals surface area contributed by atoms with Gasteiger partial charge >= 0.3 is 0 Å². The fourth-order valence-electron chi connectivity index (χ4n) is 3.34. The summed E-state index contributed by atoms with van der Waals surface area (Å²) in [5.74, 6) is -0.463. The first-order chi connectivity index (χ1) is 15.8. The molecule has 0 spiro atoms. The molecule has 33 heavy (non-hydrogen) atoms. The molecule has 1 amide bonds. The standard InChI is InChI=1S/C23H23N5O3S2/c1-3-28-20-11-6-17(2)16-21(20)32-23(28)26-22(29)18-7-9-19(10-8-18)33(30,31)27(14-4-12-24)15-5-13-25/h6-11,16H,3-5,14-15H2,1-2H3. The first-order valence-corrected chi connectivity index (χ1v) is 12.6. The van der Waals surface area contributed by atoms with E-state index in [0.29, 0.717) is 11.3 Å². The van der Waals surface area contributed by atoms with E-state index in [9.17, 15) is 13.2 Å². The topological polar surface area (TPSA) is 119 Å². The predicted molar refractivity (Wildman–Crippen MR) is 126 cm³/mol. The lowest BCUT2D eigenvalue weighted by Crippen LogP contribution is -2.32. The van der Waals surface area contributed by atoms with Gasteiger partial charge < -0.3 is 4.57 Å². The largest absolute Gasteiger partial charge is 0.317 e. The minimum Gasteiger partial charge on any atom is -0.317 e. The van der Waals surface area contributed by atoms with E-state index in [4.69, 9.17) is 10.5 Å². The fraction of sp³-hybridized carbons (Fsp3) is 0.304. The second-order valence-electron chi connectivity index (χ2n) is 7.26. The van der Waals surface area contributed by atoms with Gasteiger partial charge in [0.2, 0.25) is 10.0 Å². The molecule has 0 atom stereocenters. The van der Waals surface area contributed by atoms with E-state index in [0.717, 1.165) is 20.1 Å². The molecule has 8 nitrogen and oxygen atoms in total. The summed E-state index contributed by atoms with van der Waals surface area (Å²) in [5.41, 5.74) is 2.40. The van der Waals surface area contributed by atoms with Crippen LogP contribution in [-0.2, 0) is 16.6 Å². The summed E-state index contributed by atoms with van der Waals surface area (Å²) in [5, 5.41) is 17.6. The Hall–Kier alpha value is -3.31. The molecule has 1 aromatic heterocycles. The molecule has 170 valence electrons. The lowest BCUT2D eigenvalue weighted by Gasteiger charge is -2.20. The summed E-state index contributed by atoms with van der Waals surface area (Å²) in [4.78, 5) is 17.7. The van der Waals surface area contributed by atoms with E-state index in [2.05, 4.69) is 11.1 Å². The number of hydrogen-bond acceptors (Lipinski definition) is 6. The molecule has 0 N–H and O–H groups in total. The predicted octanol–water partition coefficient (Wildman–Crippen LogP) is 3.59. The smallest absolute Gasteiger partial charge is 0.279 e. The van der Waals surface area contributed by atoms with Gasteiger partial charge in [0.15, 0.2) is 4.80 Å². The van der Waals surface area contributed by atoms with Gasteiger partial charge in [0.1, 0.15) is 0 Å².